The zero-order chi connectivity index (χ0) is 20.7. The van der Waals surface area contributed by atoms with Crippen LogP contribution in [0.3, 0.4) is 0 Å². The SMILES string of the molecule is Cl.O=C1c2cccc3c2c(cc2c(=O)[nH]cnc23)C(=O)N1CCCCN1CCOCC1. The van der Waals surface area contributed by atoms with Gasteiger partial charge in [-0.15, -0.1) is 12.4 Å². The van der Waals surface area contributed by atoms with Gasteiger partial charge in [0.05, 0.1) is 30.4 Å². The number of halogens is 1. The van der Waals surface area contributed by atoms with Gasteiger partial charge < -0.3 is 9.72 Å². The molecule has 0 unspecified atom stereocenters. The van der Waals surface area contributed by atoms with E-state index >= 15 is 0 Å². The van der Waals surface area contributed by atoms with Gasteiger partial charge in [-0.1, -0.05) is 12.1 Å². The fourth-order valence-electron chi connectivity index (χ4n) is 4.38. The van der Waals surface area contributed by atoms with Crippen molar-refractivity contribution in [3.8, 4) is 0 Å². The second-order valence-corrected chi connectivity index (χ2v) is 7.70. The van der Waals surface area contributed by atoms with Crippen molar-refractivity contribution in [2.75, 3.05) is 39.4 Å². The minimum Gasteiger partial charge on any atom is -0.379 e. The Kier molecular flexibility index (Phi) is 6.04. The predicted octanol–water partition coefficient (Wildman–Crippen LogP) is 2.21. The van der Waals surface area contributed by atoms with E-state index in [2.05, 4.69) is 14.9 Å². The topological polar surface area (TPSA) is 95.6 Å². The number of aromatic nitrogens is 2. The molecule has 8 nitrogen and oxygen atoms in total. The highest BCUT2D eigenvalue weighted by atomic mass is 35.5. The van der Waals surface area contributed by atoms with Crippen molar-refractivity contribution < 1.29 is 14.3 Å². The highest BCUT2D eigenvalue weighted by Gasteiger charge is 2.33. The Hall–Kier alpha value is -2.81. The molecule has 2 aromatic carbocycles. The number of carbonyl (C=O) groups is 2. The first-order valence-corrected chi connectivity index (χ1v) is 10.2. The number of H-pyrrole nitrogens is 1. The maximum absolute atomic E-state index is 13.2. The van der Waals surface area contributed by atoms with Crippen molar-refractivity contribution in [3.63, 3.8) is 0 Å². The van der Waals surface area contributed by atoms with Gasteiger partial charge in [0, 0.05) is 41.5 Å². The Balaban J connectivity index is 0.00000231. The Morgan fingerprint density at radius 1 is 0.968 bits per heavy atom. The average Bonchev–Trinajstić information content (AvgIpc) is 2.78. The van der Waals surface area contributed by atoms with Crippen molar-refractivity contribution in [1.82, 2.24) is 19.8 Å². The van der Waals surface area contributed by atoms with Gasteiger partial charge in [0.15, 0.2) is 0 Å². The van der Waals surface area contributed by atoms with Crippen LogP contribution in [0.15, 0.2) is 35.4 Å². The molecule has 1 fully saturated rings. The first-order valence-electron chi connectivity index (χ1n) is 10.2. The number of hydrogen-bond acceptors (Lipinski definition) is 6. The van der Waals surface area contributed by atoms with Crippen LogP contribution in [0.5, 0.6) is 0 Å². The Bertz CT molecular complexity index is 1220. The largest absolute Gasteiger partial charge is 0.379 e. The van der Waals surface area contributed by atoms with E-state index < -0.39 is 0 Å². The van der Waals surface area contributed by atoms with Gasteiger partial charge in [0.1, 0.15) is 0 Å². The summed E-state index contributed by atoms with van der Waals surface area (Å²) in [5.41, 5.74) is 1.07. The Morgan fingerprint density at radius 3 is 2.52 bits per heavy atom. The van der Waals surface area contributed by atoms with Gasteiger partial charge in [-0.2, -0.15) is 0 Å². The van der Waals surface area contributed by atoms with Crippen LogP contribution >= 0.6 is 12.4 Å². The maximum atomic E-state index is 13.2. The molecule has 5 rings (SSSR count). The van der Waals surface area contributed by atoms with E-state index in [1.165, 1.54) is 11.2 Å². The quantitative estimate of drug-likeness (QED) is 0.370. The molecule has 3 heterocycles. The summed E-state index contributed by atoms with van der Waals surface area (Å²) in [7, 11) is 0. The lowest BCUT2D eigenvalue weighted by atomic mass is 9.92. The standard InChI is InChI=1S/C22H22N4O4.ClH/c27-20-17-12-16-18-14(19(17)23-13-24-20)4-3-5-15(18)21(28)26(22(16)29)7-2-1-6-25-8-10-30-11-9-25;/h3-5,12-13H,1-2,6-11H2,(H,23,24,27);1H. The summed E-state index contributed by atoms with van der Waals surface area (Å²) in [4.78, 5) is 49.1. The minimum atomic E-state index is -0.347. The molecule has 0 saturated carbocycles. The van der Waals surface area contributed by atoms with Gasteiger partial charge in [-0.3, -0.25) is 24.2 Å². The molecule has 162 valence electrons. The van der Waals surface area contributed by atoms with Gasteiger partial charge in [-0.25, -0.2) is 4.98 Å². The summed E-state index contributed by atoms with van der Waals surface area (Å²) < 4.78 is 5.36. The number of ether oxygens (including phenoxy) is 1. The van der Waals surface area contributed by atoms with E-state index in [9.17, 15) is 14.4 Å². The molecular formula is C22H23ClN4O4. The monoisotopic (exact) mass is 442 g/mol. The molecule has 3 aromatic rings. The summed E-state index contributed by atoms with van der Waals surface area (Å²) in [5.74, 6) is -0.631. The molecule has 31 heavy (non-hydrogen) atoms. The predicted molar refractivity (Wildman–Crippen MR) is 119 cm³/mol. The van der Waals surface area contributed by atoms with Crippen LogP contribution in [0, 0.1) is 0 Å². The first-order chi connectivity index (χ1) is 14.6. The van der Waals surface area contributed by atoms with Crippen LogP contribution in [-0.2, 0) is 4.74 Å². The van der Waals surface area contributed by atoms with Crippen molar-refractivity contribution >= 4 is 45.9 Å². The third-order valence-corrected chi connectivity index (χ3v) is 5.93. The lowest BCUT2D eigenvalue weighted by Gasteiger charge is -2.29. The number of benzene rings is 2. The number of morpholine rings is 1. The van der Waals surface area contributed by atoms with Crippen LogP contribution in [0.1, 0.15) is 33.6 Å². The van der Waals surface area contributed by atoms with Crippen molar-refractivity contribution in [2.24, 2.45) is 0 Å². The summed E-state index contributed by atoms with van der Waals surface area (Å²) in [6, 6.07) is 6.88. The van der Waals surface area contributed by atoms with Crippen LogP contribution in [0.25, 0.3) is 21.7 Å². The number of nitrogens with zero attached hydrogens (tertiary/aromatic N) is 3. The number of hydrogen-bond donors (Lipinski definition) is 1. The highest BCUT2D eigenvalue weighted by molar-refractivity contribution is 6.28. The third-order valence-electron chi connectivity index (χ3n) is 5.93. The number of carbonyl (C=O) groups excluding carboxylic acids is 2. The number of rotatable bonds is 5. The maximum Gasteiger partial charge on any atom is 0.261 e. The smallest absolute Gasteiger partial charge is 0.261 e. The number of unbranched alkanes of at least 4 members (excludes halogenated alkanes) is 1. The van der Waals surface area contributed by atoms with E-state index in [0.29, 0.717) is 39.3 Å². The van der Waals surface area contributed by atoms with Crippen LogP contribution < -0.4 is 5.56 Å². The first kappa shape index (κ1) is 21.4. The molecule has 2 amide bonds. The molecule has 0 aliphatic carbocycles. The lowest BCUT2D eigenvalue weighted by molar-refractivity contribution is 0.0367. The molecule has 0 bridgehead atoms. The number of amides is 2. The molecule has 1 N–H and O–H groups in total. The number of nitrogens with one attached hydrogen (secondary N) is 1. The minimum absolute atomic E-state index is 0. The molecule has 1 aromatic heterocycles. The van der Waals surface area contributed by atoms with Gasteiger partial charge in [0.25, 0.3) is 17.4 Å². The van der Waals surface area contributed by atoms with E-state index in [1.54, 1.807) is 24.3 Å². The normalized spacial score (nSPS) is 16.7. The van der Waals surface area contributed by atoms with Crippen LogP contribution in [-0.4, -0.2) is 71.0 Å². The molecule has 0 spiro atoms. The Labute approximate surface area is 184 Å². The van der Waals surface area contributed by atoms with Crippen molar-refractivity contribution in [3.05, 3.63) is 52.1 Å². The van der Waals surface area contributed by atoms with E-state index in [-0.39, 0.29) is 29.8 Å². The zero-order valence-corrected chi connectivity index (χ0v) is 17.7. The van der Waals surface area contributed by atoms with Crippen molar-refractivity contribution in [2.45, 2.75) is 12.8 Å². The summed E-state index contributed by atoms with van der Waals surface area (Å²) in [6.07, 6.45) is 2.97. The summed E-state index contributed by atoms with van der Waals surface area (Å²) in [6.45, 7) is 4.65. The molecule has 0 atom stereocenters. The fraction of sp³-hybridized carbons (Fsp3) is 0.364. The van der Waals surface area contributed by atoms with E-state index in [1.807, 2.05) is 0 Å². The van der Waals surface area contributed by atoms with Crippen LogP contribution in [0.2, 0.25) is 0 Å². The van der Waals surface area contributed by atoms with Gasteiger partial charge in [0.2, 0.25) is 0 Å². The molecular weight excluding hydrogens is 420 g/mol. The molecule has 0 radical (unpaired) electrons. The summed E-state index contributed by atoms with van der Waals surface area (Å²) >= 11 is 0. The van der Waals surface area contributed by atoms with E-state index in [4.69, 9.17) is 4.74 Å². The average molecular weight is 443 g/mol. The highest BCUT2D eigenvalue weighted by Crippen LogP contribution is 2.33. The molecule has 2 aliphatic heterocycles. The van der Waals surface area contributed by atoms with Gasteiger partial charge in [-0.05, 0) is 31.5 Å². The number of aromatic amines is 1. The lowest BCUT2D eigenvalue weighted by Crippen LogP contribution is -2.41. The second-order valence-electron chi connectivity index (χ2n) is 7.70. The fourth-order valence-corrected chi connectivity index (χ4v) is 4.38. The zero-order valence-electron chi connectivity index (χ0n) is 16.9. The Morgan fingerprint density at radius 2 is 1.71 bits per heavy atom. The van der Waals surface area contributed by atoms with E-state index in [0.717, 1.165) is 45.7 Å². The van der Waals surface area contributed by atoms with Gasteiger partial charge >= 0.3 is 0 Å². The summed E-state index contributed by atoms with van der Waals surface area (Å²) in [5, 5.41) is 1.59. The second kappa shape index (κ2) is 8.74. The third kappa shape index (κ3) is 3.71. The number of imide groups is 1. The molecule has 2 aliphatic rings. The van der Waals surface area contributed by atoms with Crippen LogP contribution in [0.4, 0.5) is 0 Å². The van der Waals surface area contributed by atoms with Crippen molar-refractivity contribution in [1.29, 1.82) is 0 Å². The molecule has 9 heteroatoms. The number of fused-ring (bicyclic) bond motifs is 2. The molecule has 1 saturated heterocycles.